The van der Waals surface area contributed by atoms with Gasteiger partial charge in [0.2, 0.25) is 5.91 Å². The van der Waals surface area contributed by atoms with Gasteiger partial charge in [0.25, 0.3) is 0 Å². The topological polar surface area (TPSA) is 58.6 Å². The first-order valence-electron chi connectivity index (χ1n) is 8.71. The third kappa shape index (κ3) is 5.25. The monoisotopic (exact) mass is 332 g/mol. The number of carbonyl (C=O) groups excluding carboxylic acids is 2. The van der Waals surface area contributed by atoms with Gasteiger partial charge in [-0.3, -0.25) is 4.79 Å². The lowest BCUT2D eigenvalue weighted by molar-refractivity contribution is -0.134. The van der Waals surface area contributed by atoms with Gasteiger partial charge in [-0.05, 0) is 44.1 Å². The molecule has 0 saturated heterocycles. The number of alkyl carbamates (subject to hydrolysis) is 1. The van der Waals surface area contributed by atoms with Crippen LogP contribution in [0.25, 0.3) is 0 Å². The molecule has 0 radical (unpaired) electrons. The Morgan fingerprint density at radius 1 is 1.21 bits per heavy atom. The van der Waals surface area contributed by atoms with E-state index in [2.05, 4.69) is 12.2 Å². The number of likely N-dealkylation sites (N-methyl/N-ethyl adjacent to an activating group) is 1. The molecule has 5 nitrogen and oxygen atoms in total. The van der Waals surface area contributed by atoms with Crippen LogP contribution in [0.4, 0.5) is 4.79 Å². The van der Waals surface area contributed by atoms with E-state index in [-0.39, 0.29) is 18.6 Å². The number of carbonyl (C=O) groups is 2. The summed E-state index contributed by atoms with van der Waals surface area (Å²) >= 11 is 0. The summed E-state index contributed by atoms with van der Waals surface area (Å²) < 4.78 is 5.17. The highest BCUT2D eigenvalue weighted by molar-refractivity contribution is 5.85. The minimum absolute atomic E-state index is 0.0637. The van der Waals surface area contributed by atoms with Gasteiger partial charge in [0, 0.05) is 13.1 Å². The van der Waals surface area contributed by atoms with Crippen molar-refractivity contribution < 1.29 is 14.3 Å². The molecular formula is C19H28N2O3. The van der Waals surface area contributed by atoms with Crippen molar-refractivity contribution in [2.24, 2.45) is 5.92 Å². The van der Waals surface area contributed by atoms with Crippen molar-refractivity contribution in [1.82, 2.24) is 10.2 Å². The number of hydrogen-bond acceptors (Lipinski definition) is 3. The van der Waals surface area contributed by atoms with Crippen LogP contribution in [0, 0.1) is 5.92 Å². The predicted octanol–water partition coefficient (Wildman–Crippen LogP) is 3.34. The lowest BCUT2D eigenvalue weighted by Crippen LogP contribution is -2.49. The van der Waals surface area contributed by atoms with E-state index in [0.717, 1.165) is 37.2 Å². The zero-order chi connectivity index (χ0) is 17.5. The lowest BCUT2D eigenvalue weighted by atomic mass is 9.86. The van der Waals surface area contributed by atoms with Gasteiger partial charge in [0.15, 0.2) is 0 Å². The predicted molar refractivity (Wildman–Crippen MR) is 93.4 cm³/mol. The summed E-state index contributed by atoms with van der Waals surface area (Å²) in [4.78, 5) is 26.1. The normalized spacial score (nSPS) is 21.6. The standard InChI is InChI=1S/C19H28N2O3/c1-14-9-11-17(12-10-14)21(3)18(22)15(2)20-19(23)24-13-16-7-5-4-6-8-16/h4-8,14-15,17H,9-13H2,1-3H3,(H,20,23)/t14?,15-,17?/m0/s1. The van der Waals surface area contributed by atoms with Gasteiger partial charge in [-0.1, -0.05) is 37.3 Å². The molecule has 1 aromatic rings. The second kappa shape index (κ2) is 8.71. The number of amides is 2. The maximum absolute atomic E-state index is 12.5. The molecule has 1 N–H and O–H groups in total. The molecule has 5 heteroatoms. The van der Waals surface area contributed by atoms with Crippen molar-refractivity contribution in [3.05, 3.63) is 35.9 Å². The molecule has 1 aromatic carbocycles. The van der Waals surface area contributed by atoms with Gasteiger partial charge in [0.1, 0.15) is 12.6 Å². The Morgan fingerprint density at radius 3 is 2.46 bits per heavy atom. The third-order valence-electron chi connectivity index (χ3n) is 4.80. The average molecular weight is 332 g/mol. The Hall–Kier alpha value is -2.04. The Labute approximate surface area is 144 Å². The molecule has 0 unspecified atom stereocenters. The molecule has 24 heavy (non-hydrogen) atoms. The second-order valence-electron chi connectivity index (χ2n) is 6.79. The Kier molecular flexibility index (Phi) is 6.64. The molecule has 1 aliphatic rings. The Balaban J connectivity index is 1.76. The van der Waals surface area contributed by atoms with Gasteiger partial charge < -0.3 is 15.0 Å². The molecule has 0 aliphatic heterocycles. The molecule has 0 bridgehead atoms. The van der Waals surface area contributed by atoms with E-state index in [9.17, 15) is 9.59 Å². The summed E-state index contributed by atoms with van der Waals surface area (Å²) in [6.45, 7) is 4.16. The van der Waals surface area contributed by atoms with E-state index in [1.807, 2.05) is 37.4 Å². The highest BCUT2D eigenvalue weighted by Crippen LogP contribution is 2.26. The highest BCUT2D eigenvalue weighted by Gasteiger charge is 2.28. The zero-order valence-corrected chi connectivity index (χ0v) is 14.8. The van der Waals surface area contributed by atoms with Crippen molar-refractivity contribution in [1.29, 1.82) is 0 Å². The Morgan fingerprint density at radius 2 is 1.83 bits per heavy atom. The van der Waals surface area contributed by atoms with Crippen LogP contribution < -0.4 is 5.32 Å². The van der Waals surface area contributed by atoms with E-state index < -0.39 is 12.1 Å². The van der Waals surface area contributed by atoms with Crippen LogP contribution in [0.2, 0.25) is 0 Å². The van der Waals surface area contributed by atoms with Crippen molar-refractivity contribution in [2.75, 3.05) is 7.05 Å². The second-order valence-corrected chi connectivity index (χ2v) is 6.79. The molecule has 132 valence electrons. The summed E-state index contributed by atoms with van der Waals surface area (Å²) in [5.74, 6) is 0.680. The van der Waals surface area contributed by atoms with Gasteiger partial charge in [-0.2, -0.15) is 0 Å². The fraction of sp³-hybridized carbons (Fsp3) is 0.579. The fourth-order valence-electron chi connectivity index (χ4n) is 3.12. The number of nitrogens with one attached hydrogen (secondary N) is 1. The third-order valence-corrected chi connectivity index (χ3v) is 4.80. The number of nitrogens with zero attached hydrogens (tertiary/aromatic N) is 1. The smallest absolute Gasteiger partial charge is 0.408 e. The number of rotatable bonds is 5. The molecule has 1 aliphatic carbocycles. The van der Waals surface area contributed by atoms with Crippen LogP contribution >= 0.6 is 0 Å². The fourth-order valence-corrected chi connectivity index (χ4v) is 3.12. The van der Waals surface area contributed by atoms with Crippen LogP contribution in [0.1, 0.15) is 45.1 Å². The van der Waals surface area contributed by atoms with Gasteiger partial charge in [-0.15, -0.1) is 0 Å². The van der Waals surface area contributed by atoms with Crippen LogP contribution in [0.5, 0.6) is 0 Å². The summed E-state index contributed by atoms with van der Waals surface area (Å²) in [7, 11) is 1.83. The molecule has 0 spiro atoms. The van der Waals surface area contributed by atoms with Crippen molar-refractivity contribution in [3.8, 4) is 0 Å². The minimum Gasteiger partial charge on any atom is -0.445 e. The number of benzene rings is 1. The summed E-state index contributed by atoms with van der Waals surface area (Å²) in [6.07, 6.45) is 3.82. The summed E-state index contributed by atoms with van der Waals surface area (Å²) in [5, 5.41) is 2.63. The van der Waals surface area contributed by atoms with Gasteiger partial charge in [-0.25, -0.2) is 4.79 Å². The zero-order valence-electron chi connectivity index (χ0n) is 14.8. The first kappa shape index (κ1) is 18.3. The molecule has 2 rings (SSSR count). The van der Waals surface area contributed by atoms with E-state index in [1.165, 1.54) is 0 Å². The minimum atomic E-state index is -0.586. The summed E-state index contributed by atoms with van der Waals surface area (Å²) in [6, 6.07) is 9.16. The van der Waals surface area contributed by atoms with Crippen LogP contribution in [0.15, 0.2) is 30.3 Å². The number of hydrogen-bond donors (Lipinski definition) is 1. The van der Waals surface area contributed by atoms with E-state index >= 15 is 0 Å². The van der Waals surface area contributed by atoms with Crippen molar-refractivity contribution in [2.45, 2.75) is 58.2 Å². The molecule has 1 atom stereocenters. The maximum atomic E-state index is 12.5. The average Bonchev–Trinajstić information content (AvgIpc) is 2.60. The maximum Gasteiger partial charge on any atom is 0.408 e. The van der Waals surface area contributed by atoms with E-state index in [0.29, 0.717) is 0 Å². The quantitative estimate of drug-likeness (QED) is 0.899. The molecular weight excluding hydrogens is 304 g/mol. The Bertz CT molecular complexity index is 539. The van der Waals surface area contributed by atoms with Crippen LogP contribution in [-0.2, 0) is 16.1 Å². The highest BCUT2D eigenvalue weighted by atomic mass is 16.5. The van der Waals surface area contributed by atoms with Crippen molar-refractivity contribution >= 4 is 12.0 Å². The molecule has 2 amide bonds. The SMILES string of the molecule is CC1CCC(N(C)C(=O)[C@H](C)NC(=O)OCc2ccccc2)CC1. The number of ether oxygens (including phenoxy) is 1. The first-order valence-corrected chi connectivity index (χ1v) is 8.71. The molecule has 0 heterocycles. The van der Waals surface area contributed by atoms with Gasteiger partial charge in [0.05, 0.1) is 0 Å². The molecule has 1 fully saturated rings. The van der Waals surface area contributed by atoms with E-state index in [4.69, 9.17) is 4.74 Å². The largest absolute Gasteiger partial charge is 0.445 e. The van der Waals surface area contributed by atoms with Crippen molar-refractivity contribution in [3.63, 3.8) is 0 Å². The van der Waals surface area contributed by atoms with Gasteiger partial charge >= 0.3 is 6.09 Å². The first-order chi connectivity index (χ1) is 11.5. The summed E-state index contributed by atoms with van der Waals surface area (Å²) in [5.41, 5.74) is 0.917. The van der Waals surface area contributed by atoms with Crippen LogP contribution in [0.3, 0.4) is 0 Å². The lowest BCUT2D eigenvalue weighted by Gasteiger charge is -2.35. The van der Waals surface area contributed by atoms with Crippen LogP contribution in [-0.4, -0.2) is 36.0 Å². The molecule has 1 saturated carbocycles. The molecule has 0 aromatic heterocycles. The van der Waals surface area contributed by atoms with E-state index in [1.54, 1.807) is 11.8 Å².